The molecule has 0 saturated carbocycles. The highest BCUT2D eigenvalue weighted by Crippen LogP contribution is 2.20. The SMILES string of the molecule is CCCCCCCCCN=C(NCC)N1CCC(CC(=O)NC)CC1.I. The summed E-state index contributed by atoms with van der Waals surface area (Å²) in [6.45, 7) is 8.23. The molecule has 0 spiro atoms. The largest absolute Gasteiger partial charge is 0.359 e. The average molecular weight is 480 g/mol. The third-order valence-corrected chi connectivity index (χ3v) is 5.03. The number of carbonyl (C=O) groups excluding carboxylic acids is 1. The molecule has 154 valence electrons. The van der Waals surface area contributed by atoms with Gasteiger partial charge in [-0.25, -0.2) is 0 Å². The van der Waals surface area contributed by atoms with Crippen LogP contribution in [-0.4, -0.2) is 50.0 Å². The van der Waals surface area contributed by atoms with Gasteiger partial charge in [0.15, 0.2) is 5.96 Å². The van der Waals surface area contributed by atoms with E-state index in [2.05, 4.69) is 29.4 Å². The van der Waals surface area contributed by atoms with Crippen LogP contribution in [0, 0.1) is 5.92 Å². The van der Waals surface area contributed by atoms with Crippen molar-refractivity contribution >= 4 is 35.8 Å². The van der Waals surface area contributed by atoms with Crippen LogP contribution < -0.4 is 10.6 Å². The highest BCUT2D eigenvalue weighted by molar-refractivity contribution is 14.0. The fraction of sp³-hybridized carbons (Fsp3) is 0.900. The maximum absolute atomic E-state index is 11.5. The summed E-state index contributed by atoms with van der Waals surface area (Å²) in [6.07, 6.45) is 12.1. The Hall–Kier alpha value is -0.530. The van der Waals surface area contributed by atoms with Crippen molar-refractivity contribution < 1.29 is 4.79 Å². The van der Waals surface area contributed by atoms with Gasteiger partial charge in [-0.15, -0.1) is 24.0 Å². The van der Waals surface area contributed by atoms with E-state index in [1.54, 1.807) is 7.05 Å². The quantitative estimate of drug-likeness (QED) is 0.202. The Bertz CT molecular complexity index is 382. The minimum atomic E-state index is 0. The van der Waals surface area contributed by atoms with Gasteiger partial charge in [-0.1, -0.05) is 45.4 Å². The maximum Gasteiger partial charge on any atom is 0.220 e. The molecule has 2 N–H and O–H groups in total. The van der Waals surface area contributed by atoms with Crippen LogP contribution in [-0.2, 0) is 4.79 Å². The Morgan fingerprint density at radius 1 is 1.04 bits per heavy atom. The summed E-state index contributed by atoms with van der Waals surface area (Å²) in [5.74, 6) is 1.74. The smallest absolute Gasteiger partial charge is 0.220 e. The number of guanidine groups is 1. The van der Waals surface area contributed by atoms with Gasteiger partial charge in [-0.3, -0.25) is 9.79 Å². The second kappa shape index (κ2) is 16.6. The molecule has 1 aliphatic rings. The van der Waals surface area contributed by atoms with E-state index in [0.29, 0.717) is 12.3 Å². The standard InChI is InChI=1S/C20H40N4O.HI/c1-4-6-7-8-9-10-11-14-23-20(22-5-2)24-15-12-18(13-16-24)17-19(25)21-3;/h18H,4-17H2,1-3H3,(H,21,25)(H,22,23);1H. The number of unbranched alkanes of at least 4 members (excludes halogenated alkanes) is 6. The lowest BCUT2D eigenvalue weighted by molar-refractivity contribution is -0.121. The van der Waals surface area contributed by atoms with Crippen LogP contribution in [0.3, 0.4) is 0 Å². The minimum absolute atomic E-state index is 0. The lowest BCUT2D eigenvalue weighted by atomic mass is 9.93. The summed E-state index contributed by atoms with van der Waals surface area (Å²) < 4.78 is 0. The number of likely N-dealkylation sites (tertiary alicyclic amines) is 1. The number of halogens is 1. The van der Waals surface area contributed by atoms with Gasteiger partial charge in [-0.05, 0) is 32.1 Å². The van der Waals surface area contributed by atoms with Crippen molar-refractivity contribution in [2.24, 2.45) is 10.9 Å². The second-order valence-corrected chi connectivity index (χ2v) is 7.16. The summed E-state index contributed by atoms with van der Waals surface area (Å²) in [7, 11) is 1.72. The van der Waals surface area contributed by atoms with Crippen molar-refractivity contribution in [3.63, 3.8) is 0 Å². The first-order chi connectivity index (χ1) is 12.2. The Kier molecular flexibility index (Phi) is 16.3. The molecule has 6 heteroatoms. The maximum atomic E-state index is 11.5. The fourth-order valence-electron chi connectivity index (χ4n) is 3.39. The van der Waals surface area contributed by atoms with Crippen molar-refractivity contribution in [3.05, 3.63) is 0 Å². The van der Waals surface area contributed by atoms with Crippen LogP contribution in [0.5, 0.6) is 0 Å². The molecule has 1 saturated heterocycles. The topological polar surface area (TPSA) is 56.7 Å². The van der Waals surface area contributed by atoms with Gasteiger partial charge in [-0.2, -0.15) is 0 Å². The monoisotopic (exact) mass is 480 g/mol. The van der Waals surface area contributed by atoms with Gasteiger partial charge < -0.3 is 15.5 Å². The number of hydrogen-bond acceptors (Lipinski definition) is 2. The van der Waals surface area contributed by atoms with Crippen LogP contribution >= 0.6 is 24.0 Å². The first-order valence-electron chi connectivity index (χ1n) is 10.4. The van der Waals surface area contributed by atoms with Gasteiger partial charge in [0.05, 0.1) is 0 Å². The lowest BCUT2D eigenvalue weighted by Gasteiger charge is -2.34. The summed E-state index contributed by atoms with van der Waals surface area (Å²) in [5.41, 5.74) is 0. The molecule has 1 amide bonds. The van der Waals surface area contributed by atoms with E-state index in [1.807, 2.05) is 0 Å². The molecule has 5 nitrogen and oxygen atoms in total. The number of carbonyl (C=O) groups is 1. The van der Waals surface area contributed by atoms with Crippen molar-refractivity contribution in [1.82, 2.24) is 15.5 Å². The first kappa shape index (κ1) is 25.5. The van der Waals surface area contributed by atoms with E-state index in [-0.39, 0.29) is 29.9 Å². The number of nitrogens with one attached hydrogen (secondary N) is 2. The molecule has 1 aliphatic heterocycles. The summed E-state index contributed by atoms with van der Waals surface area (Å²) >= 11 is 0. The normalized spacial score (nSPS) is 15.5. The minimum Gasteiger partial charge on any atom is -0.359 e. The predicted octanol–water partition coefficient (Wildman–Crippen LogP) is 4.17. The molecule has 0 aliphatic carbocycles. The number of rotatable bonds is 11. The molecule has 1 heterocycles. The molecule has 0 bridgehead atoms. The Morgan fingerprint density at radius 3 is 2.23 bits per heavy atom. The Balaban J connectivity index is 0.00000625. The van der Waals surface area contributed by atoms with E-state index in [0.717, 1.165) is 45.0 Å². The van der Waals surface area contributed by atoms with Gasteiger partial charge in [0.1, 0.15) is 0 Å². The molecule has 1 rings (SSSR count). The Labute approximate surface area is 178 Å². The Morgan fingerprint density at radius 2 is 1.65 bits per heavy atom. The van der Waals surface area contributed by atoms with E-state index in [1.165, 1.54) is 44.9 Å². The van der Waals surface area contributed by atoms with Gasteiger partial charge in [0.2, 0.25) is 5.91 Å². The predicted molar refractivity (Wildman–Crippen MR) is 122 cm³/mol. The van der Waals surface area contributed by atoms with Crippen molar-refractivity contribution in [1.29, 1.82) is 0 Å². The summed E-state index contributed by atoms with van der Waals surface area (Å²) in [4.78, 5) is 18.7. The number of aliphatic imine (C=N–C) groups is 1. The van der Waals surface area contributed by atoms with Gasteiger partial charge in [0.25, 0.3) is 0 Å². The summed E-state index contributed by atoms with van der Waals surface area (Å²) in [6, 6.07) is 0. The van der Waals surface area contributed by atoms with E-state index in [4.69, 9.17) is 4.99 Å². The number of hydrogen-bond donors (Lipinski definition) is 2. The number of piperidine rings is 1. The third kappa shape index (κ3) is 11.2. The number of amides is 1. The highest BCUT2D eigenvalue weighted by Gasteiger charge is 2.22. The highest BCUT2D eigenvalue weighted by atomic mass is 127. The zero-order valence-electron chi connectivity index (χ0n) is 17.2. The zero-order chi connectivity index (χ0) is 18.3. The molecule has 0 unspecified atom stereocenters. The van der Waals surface area contributed by atoms with Crippen LogP contribution in [0.25, 0.3) is 0 Å². The summed E-state index contributed by atoms with van der Waals surface area (Å²) in [5, 5.41) is 6.17. The van der Waals surface area contributed by atoms with Crippen molar-refractivity contribution in [3.8, 4) is 0 Å². The van der Waals surface area contributed by atoms with Crippen molar-refractivity contribution in [2.45, 2.75) is 78.1 Å². The molecule has 0 radical (unpaired) electrons. The molecule has 0 atom stereocenters. The number of nitrogens with zero attached hydrogens (tertiary/aromatic N) is 2. The van der Waals surface area contributed by atoms with Crippen LogP contribution in [0.4, 0.5) is 0 Å². The van der Waals surface area contributed by atoms with Crippen LogP contribution in [0.15, 0.2) is 4.99 Å². The van der Waals surface area contributed by atoms with E-state index >= 15 is 0 Å². The average Bonchev–Trinajstić information content (AvgIpc) is 2.63. The van der Waals surface area contributed by atoms with E-state index < -0.39 is 0 Å². The third-order valence-electron chi connectivity index (χ3n) is 5.03. The van der Waals surface area contributed by atoms with E-state index in [9.17, 15) is 4.79 Å². The van der Waals surface area contributed by atoms with Crippen molar-refractivity contribution in [2.75, 3.05) is 33.2 Å². The van der Waals surface area contributed by atoms with Gasteiger partial charge in [0, 0.05) is 39.6 Å². The van der Waals surface area contributed by atoms with Gasteiger partial charge >= 0.3 is 0 Å². The first-order valence-corrected chi connectivity index (χ1v) is 10.4. The zero-order valence-corrected chi connectivity index (χ0v) is 19.5. The molecule has 26 heavy (non-hydrogen) atoms. The molecular weight excluding hydrogens is 439 g/mol. The molecule has 0 aromatic carbocycles. The van der Waals surface area contributed by atoms with Crippen LogP contribution in [0.1, 0.15) is 78.1 Å². The molecule has 0 aromatic heterocycles. The molecule has 1 fully saturated rings. The molecular formula is C20H41IN4O. The molecule has 0 aromatic rings. The fourth-order valence-corrected chi connectivity index (χ4v) is 3.39. The lowest BCUT2D eigenvalue weighted by Crippen LogP contribution is -2.46. The van der Waals surface area contributed by atoms with Crippen LogP contribution in [0.2, 0.25) is 0 Å². The second-order valence-electron chi connectivity index (χ2n) is 7.16.